The van der Waals surface area contributed by atoms with Crippen molar-refractivity contribution in [3.05, 3.63) is 28.2 Å². The van der Waals surface area contributed by atoms with Crippen LogP contribution in [0.5, 0.6) is 0 Å². The van der Waals surface area contributed by atoms with Gasteiger partial charge in [-0.1, -0.05) is 6.92 Å². The van der Waals surface area contributed by atoms with E-state index in [9.17, 15) is 0 Å². The lowest BCUT2D eigenvalue weighted by atomic mass is 10.0. The van der Waals surface area contributed by atoms with Crippen molar-refractivity contribution in [3.8, 4) is 0 Å². The van der Waals surface area contributed by atoms with E-state index in [0.29, 0.717) is 5.92 Å². The maximum Gasteiger partial charge on any atom is 0.290 e. The molecule has 8 heteroatoms. The van der Waals surface area contributed by atoms with Crippen molar-refractivity contribution < 1.29 is 9.90 Å². The molecule has 0 amide bonds. The van der Waals surface area contributed by atoms with Crippen LogP contribution in [0.2, 0.25) is 0 Å². The van der Waals surface area contributed by atoms with Gasteiger partial charge in [0.1, 0.15) is 11.6 Å². The van der Waals surface area contributed by atoms with E-state index in [1.54, 1.807) is 11.3 Å². The molecule has 136 valence electrons. The van der Waals surface area contributed by atoms with Crippen LogP contribution in [0.3, 0.4) is 0 Å². The number of thiazole rings is 1. The number of likely N-dealkylation sites (tertiary alicyclic amines) is 1. The summed E-state index contributed by atoms with van der Waals surface area (Å²) in [5, 5.41) is 11.1. The molecule has 2 N–H and O–H groups in total. The SMILES string of the molecule is CCN1CCC(c2cc(Nc3nc(C)c(C)s3)nc(C)n2)C1.O=CO. The summed E-state index contributed by atoms with van der Waals surface area (Å²) in [6.45, 7) is 11.4. The minimum atomic E-state index is -0.250. The second-order valence-corrected chi connectivity index (χ2v) is 7.20. The van der Waals surface area contributed by atoms with Crippen molar-refractivity contribution in [2.45, 2.75) is 40.0 Å². The van der Waals surface area contributed by atoms with Gasteiger partial charge in [-0.25, -0.2) is 15.0 Å². The first kappa shape index (κ1) is 19.3. The molecule has 0 saturated carbocycles. The van der Waals surface area contributed by atoms with Crippen LogP contribution in [0.25, 0.3) is 0 Å². The molecule has 0 bridgehead atoms. The summed E-state index contributed by atoms with van der Waals surface area (Å²) in [5.74, 6) is 2.19. The zero-order valence-electron chi connectivity index (χ0n) is 15.1. The molecule has 25 heavy (non-hydrogen) atoms. The van der Waals surface area contributed by atoms with Gasteiger partial charge >= 0.3 is 0 Å². The molecule has 1 unspecified atom stereocenters. The van der Waals surface area contributed by atoms with E-state index < -0.39 is 0 Å². The highest BCUT2D eigenvalue weighted by molar-refractivity contribution is 7.15. The van der Waals surface area contributed by atoms with Crippen LogP contribution >= 0.6 is 11.3 Å². The highest BCUT2D eigenvalue weighted by Crippen LogP contribution is 2.29. The van der Waals surface area contributed by atoms with Gasteiger partial charge in [0.2, 0.25) is 0 Å². The lowest BCUT2D eigenvalue weighted by molar-refractivity contribution is -0.122. The smallest absolute Gasteiger partial charge is 0.290 e. The van der Waals surface area contributed by atoms with Gasteiger partial charge in [-0.05, 0) is 40.3 Å². The lowest BCUT2D eigenvalue weighted by Crippen LogP contribution is -2.19. The summed E-state index contributed by atoms with van der Waals surface area (Å²) in [7, 11) is 0. The van der Waals surface area contributed by atoms with Gasteiger partial charge in [0.25, 0.3) is 6.47 Å². The third-order valence-corrected chi connectivity index (χ3v) is 5.25. The Hall–Kier alpha value is -2.06. The Morgan fingerprint density at radius 3 is 2.64 bits per heavy atom. The highest BCUT2D eigenvalue weighted by Gasteiger charge is 2.24. The van der Waals surface area contributed by atoms with Crippen LogP contribution in [-0.2, 0) is 4.79 Å². The molecule has 1 saturated heterocycles. The van der Waals surface area contributed by atoms with Crippen molar-refractivity contribution in [1.29, 1.82) is 0 Å². The second kappa shape index (κ2) is 8.87. The van der Waals surface area contributed by atoms with Gasteiger partial charge in [-0.2, -0.15) is 0 Å². The molecule has 0 aromatic carbocycles. The minimum absolute atomic E-state index is 0.250. The Labute approximate surface area is 152 Å². The van der Waals surface area contributed by atoms with Crippen molar-refractivity contribution in [2.24, 2.45) is 0 Å². The van der Waals surface area contributed by atoms with Crippen LogP contribution < -0.4 is 5.32 Å². The predicted octanol–water partition coefficient (Wildman–Crippen LogP) is 3.11. The number of hydrogen-bond donors (Lipinski definition) is 2. The standard InChI is InChI=1S/C16H23N5S.CH2O2/c1-5-21-7-6-13(9-21)14-8-15(19-12(4)18-14)20-16-17-10(2)11(3)22-16;2-1-3/h8,13H,5-7,9H2,1-4H3,(H,17,18,19,20);1H,(H,2,3). The molecule has 1 aliphatic rings. The monoisotopic (exact) mass is 363 g/mol. The number of rotatable bonds is 4. The molecule has 1 aliphatic heterocycles. The Balaban J connectivity index is 0.000000701. The molecule has 7 nitrogen and oxygen atoms in total. The molecule has 3 heterocycles. The van der Waals surface area contributed by atoms with E-state index in [-0.39, 0.29) is 6.47 Å². The molecular weight excluding hydrogens is 338 g/mol. The fourth-order valence-electron chi connectivity index (χ4n) is 2.86. The highest BCUT2D eigenvalue weighted by atomic mass is 32.1. The maximum atomic E-state index is 8.36. The van der Waals surface area contributed by atoms with E-state index in [0.717, 1.165) is 47.8 Å². The molecule has 1 fully saturated rings. The van der Waals surface area contributed by atoms with E-state index in [4.69, 9.17) is 9.90 Å². The summed E-state index contributed by atoms with van der Waals surface area (Å²) in [4.78, 5) is 25.8. The quantitative estimate of drug-likeness (QED) is 0.806. The van der Waals surface area contributed by atoms with Crippen molar-refractivity contribution in [1.82, 2.24) is 19.9 Å². The summed E-state index contributed by atoms with van der Waals surface area (Å²) >= 11 is 1.67. The summed E-state index contributed by atoms with van der Waals surface area (Å²) in [6, 6.07) is 2.09. The lowest BCUT2D eigenvalue weighted by Gasteiger charge is -2.14. The summed E-state index contributed by atoms with van der Waals surface area (Å²) < 4.78 is 0. The molecule has 3 rings (SSSR count). The number of nitrogens with one attached hydrogen (secondary N) is 1. The number of hydrogen-bond acceptors (Lipinski definition) is 7. The van der Waals surface area contributed by atoms with Gasteiger partial charge in [0.05, 0.1) is 11.4 Å². The van der Waals surface area contributed by atoms with Gasteiger partial charge < -0.3 is 15.3 Å². The maximum absolute atomic E-state index is 8.36. The Bertz CT molecular complexity index is 700. The molecule has 1 atom stereocenters. The zero-order valence-corrected chi connectivity index (χ0v) is 15.9. The number of aryl methyl sites for hydroxylation is 3. The van der Waals surface area contributed by atoms with Crippen LogP contribution in [0.15, 0.2) is 6.07 Å². The molecular formula is C17H25N5O2S. The Morgan fingerprint density at radius 1 is 1.36 bits per heavy atom. The van der Waals surface area contributed by atoms with Crippen LogP contribution in [0.4, 0.5) is 10.9 Å². The minimum Gasteiger partial charge on any atom is -0.483 e. The topological polar surface area (TPSA) is 91.2 Å². The van der Waals surface area contributed by atoms with E-state index in [1.807, 2.05) is 13.8 Å². The third-order valence-electron chi connectivity index (χ3n) is 4.26. The number of likely N-dealkylation sites (N-methyl/N-ethyl adjacent to an activating group) is 1. The Morgan fingerprint density at radius 2 is 2.08 bits per heavy atom. The fourth-order valence-corrected chi connectivity index (χ4v) is 3.68. The van der Waals surface area contributed by atoms with Crippen molar-refractivity contribution >= 4 is 28.8 Å². The average molecular weight is 363 g/mol. The van der Waals surface area contributed by atoms with E-state index in [2.05, 4.69) is 45.1 Å². The summed E-state index contributed by atoms with van der Waals surface area (Å²) in [6.07, 6.45) is 1.18. The van der Waals surface area contributed by atoms with Crippen molar-refractivity contribution in [2.75, 3.05) is 25.0 Å². The van der Waals surface area contributed by atoms with Gasteiger partial charge in [-0.3, -0.25) is 4.79 Å². The number of anilines is 2. The summed E-state index contributed by atoms with van der Waals surface area (Å²) in [5.41, 5.74) is 2.23. The predicted molar refractivity (Wildman–Crippen MR) is 99.8 cm³/mol. The fraction of sp³-hybridized carbons (Fsp3) is 0.529. The number of carboxylic acid groups (broad SMARTS) is 1. The van der Waals surface area contributed by atoms with Crippen LogP contribution in [0, 0.1) is 20.8 Å². The second-order valence-electron chi connectivity index (χ2n) is 6.00. The normalized spacial score (nSPS) is 17.0. The third kappa shape index (κ3) is 5.20. The van der Waals surface area contributed by atoms with Gasteiger partial charge in [0, 0.05) is 23.4 Å². The van der Waals surface area contributed by atoms with E-state index in [1.165, 1.54) is 11.3 Å². The molecule has 2 aromatic rings. The van der Waals surface area contributed by atoms with Crippen molar-refractivity contribution in [3.63, 3.8) is 0 Å². The molecule has 0 aliphatic carbocycles. The number of aromatic nitrogens is 3. The van der Waals surface area contributed by atoms with Crippen LogP contribution in [-0.4, -0.2) is 51.1 Å². The van der Waals surface area contributed by atoms with E-state index >= 15 is 0 Å². The van der Waals surface area contributed by atoms with Gasteiger partial charge in [-0.15, -0.1) is 11.3 Å². The Kier molecular flexibility index (Phi) is 6.83. The molecule has 0 spiro atoms. The molecule has 0 radical (unpaired) electrons. The first-order valence-corrected chi connectivity index (χ1v) is 9.15. The van der Waals surface area contributed by atoms with Gasteiger partial charge in [0.15, 0.2) is 5.13 Å². The zero-order chi connectivity index (χ0) is 18.4. The van der Waals surface area contributed by atoms with Crippen LogP contribution in [0.1, 0.15) is 41.4 Å². The largest absolute Gasteiger partial charge is 0.483 e. The average Bonchev–Trinajstić information content (AvgIpc) is 3.15. The number of nitrogens with zero attached hydrogens (tertiary/aromatic N) is 4. The first-order chi connectivity index (χ1) is 12.0. The number of carbonyl (C=O) groups is 1. The first-order valence-electron chi connectivity index (χ1n) is 8.33. The molecule has 2 aromatic heterocycles.